The first-order chi connectivity index (χ1) is 16.5. The normalized spacial score (nSPS) is 16.6. The van der Waals surface area contributed by atoms with E-state index in [1.165, 1.54) is 24.0 Å². The molecule has 2 fully saturated rings. The average molecular weight is 465 g/mol. The minimum Gasteiger partial charge on any atom is -0.381 e. The van der Waals surface area contributed by atoms with Crippen LogP contribution in [0.3, 0.4) is 0 Å². The smallest absolute Gasteiger partial charge is 0.253 e. The Bertz CT molecular complexity index is 953. The number of nitrogens with one attached hydrogen (secondary N) is 1. The summed E-state index contributed by atoms with van der Waals surface area (Å²) in [4.78, 5) is 17.7. The molecule has 1 aliphatic heterocycles. The Kier molecular flexibility index (Phi) is 8.59. The van der Waals surface area contributed by atoms with E-state index < -0.39 is 0 Å². The van der Waals surface area contributed by atoms with Crippen molar-refractivity contribution in [3.63, 3.8) is 0 Å². The van der Waals surface area contributed by atoms with E-state index in [1.54, 1.807) is 0 Å². The van der Waals surface area contributed by atoms with Crippen LogP contribution in [0.25, 0.3) is 11.1 Å². The highest BCUT2D eigenvalue weighted by Gasteiger charge is 2.25. The number of hydrogen-bond acceptors (Lipinski definition) is 5. The molecule has 0 atom stereocenters. The van der Waals surface area contributed by atoms with Crippen LogP contribution < -0.4 is 16.0 Å². The van der Waals surface area contributed by atoms with E-state index >= 15 is 0 Å². The van der Waals surface area contributed by atoms with Crippen LogP contribution in [-0.2, 0) is 11.3 Å². The lowest BCUT2D eigenvalue weighted by Crippen LogP contribution is -2.33. The molecule has 1 aliphatic carbocycles. The van der Waals surface area contributed by atoms with Crippen molar-refractivity contribution in [3.8, 4) is 11.1 Å². The second-order valence-electron chi connectivity index (χ2n) is 10.0. The van der Waals surface area contributed by atoms with Gasteiger partial charge in [-0.25, -0.2) is 0 Å². The van der Waals surface area contributed by atoms with Gasteiger partial charge in [0.1, 0.15) is 0 Å². The first-order valence-corrected chi connectivity index (χ1v) is 12.7. The van der Waals surface area contributed by atoms with Crippen molar-refractivity contribution in [2.45, 2.75) is 32.2 Å². The fourth-order valence-corrected chi connectivity index (χ4v) is 4.75. The zero-order valence-corrected chi connectivity index (χ0v) is 20.8. The number of nitrogens with two attached hydrogens (primary N) is 1. The van der Waals surface area contributed by atoms with Crippen molar-refractivity contribution in [2.75, 3.05) is 58.4 Å². The van der Waals surface area contributed by atoms with E-state index in [-0.39, 0.29) is 5.91 Å². The second-order valence-corrected chi connectivity index (χ2v) is 10.0. The summed E-state index contributed by atoms with van der Waals surface area (Å²) in [5.41, 5.74) is 11.1. The van der Waals surface area contributed by atoms with E-state index in [2.05, 4.69) is 65.6 Å². The second kappa shape index (κ2) is 11.8. The zero-order valence-electron chi connectivity index (χ0n) is 20.8. The standard InChI is InChI=1S/C28H40N4O2/c1-31(13-12-29)19-23-4-3-5-24(16-23)25-8-9-26(27(17-25)32(2)20-22-6-7-22)28(33)30-18-21-10-14-34-15-11-21/h3-5,8-9,16-17,21-22H,6-7,10-15,18-20,29H2,1-2H3,(H,30,33). The fraction of sp³-hybridized carbons (Fsp3) is 0.536. The number of likely N-dealkylation sites (N-methyl/N-ethyl adjacent to an activating group) is 1. The van der Waals surface area contributed by atoms with Crippen molar-refractivity contribution >= 4 is 11.6 Å². The highest BCUT2D eigenvalue weighted by atomic mass is 16.5. The zero-order chi connectivity index (χ0) is 23.9. The summed E-state index contributed by atoms with van der Waals surface area (Å²) in [6.45, 7) is 5.70. The Morgan fingerprint density at radius 1 is 1.03 bits per heavy atom. The molecule has 2 aromatic carbocycles. The number of carbonyl (C=O) groups excluding carboxylic acids is 1. The van der Waals surface area contributed by atoms with Crippen LogP contribution in [0.4, 0.5) is 5.69 Å². The predicted molar refractivity (Wildman–Crippen MR) is 139 cm³/mol. The molecular formula is C28H40N4O2. The average Bonchev–Trinajstić information content (AvgIpc) is 3.67. The van der Waals surface area contributed by atoms with Crippen LogP contribution in [0.2, 0.25) is 0 Å². The fourth-order valence-electron chi connectivity index (χ4n) is 4.75. The molecule has 4 rings (SSSR count). The highest BCUT2D eigenvalue weighted by Crippen LogP contribution is 2.34. The Labute approximate surface area is 204 Å². The van der Waals surface area contributed by atoms with Gasteiger partial charge < -0.3 is 25.6 Å². The van der Waals surface area contributed by atoms with Gasteiger partial charge >= 0.3 is 0 Å². The molecule has 1 saturated heterocycles. The summed E-state index contributed by atoms with van der Waals surface area (Å²) in [5, 5.41) is 3.20. The van der Waals surface area contributed by atoms with Gasteiger partial charge in [0, 0.05) is 58.7 Å². The summed E-state index contributed by atoms with van der Waals surface area (Å²) >= 11 is 0. The quantitative estimate of drug-likeness (QED) is 0.530. The molecule has 0 bridgehead atoms. The van der Waals surface area contributed by atoms with Gasteiger partial charge in [-0.3, -0.25) is 4.79 Å². The maximum atomic E-state index is 13.2. The molecule has 6 nitrogen and oxygen atoms in total. The third kappa shape index (κ3) is 6.81. The van der Waals surface area contributed by atoms with Gasteiger partial charge in [0.15, 0.2) is 0 Å². The van der Waals surface area contributed by atoms with Crippen LogP contribution in [0, 0.1) is 11.8 Å². The van der Waals surface area contributed by atoms with Crippen LogP contribution in [0.15, 0.2) is 42.5 Å². The van der Waals surface area contributed by atoms with E-state index in [9.17, 15) is 4.79 Å². The molecule has 184 valence electrons. The number of amides is 1. The van der Waals surface area contributed by atoms with Gasteiger partial charge in [0.05, 0.1) is 5.56 Å². The molecule has 2 aliphatic rings. The number of hydrogen-bond donors (Lipinski definition) is 2. The largest absolute Gasteiger partial charge is 0.381 e. The molecule has 0 radical (unpaired) electrons. The van der Waals surface area contributed by atoms with Gasteiger partial charge in [0.2, 0.25) is 0 Å². The maximum Gasteiger partial charge on any atom is 0.253 e. The van der Waals surface area contributed by atoms with Crippen LogP contribution >= 0.6 is 0 Å². The van der Waals surface area contributed by atoms with Crippen LogP contribution in [0.1, 0.15) is 41.6 Å². The summed E-state index contributed by atoms with van der Waals surface area (Å²) < 4.78 is 5.45. The number of anilines is 1. The van der Waals surface area contributed by atoms with E-state index in [1.807, 2.05) is 6.07 Å². The topological polar surface area (TPSA) is 70.8 Å². The molecule has 1 amide bonds. The van der Waals surface area contributed by atoms with Crippen LogP contribution in [-0.4, -0.2) is 64.3 Å². The number of carbonyl (C=O) groups is 1. The highest BCUT2D eigenvalue weighted by molar-refractivity contribution is 6.00. The lowest BCUT2D eigenvalue weighted by Gasteiger charge is -2.25. The Morgan fingerprint density at radius 3 is 2.53 bits per heavy atom. The van der Waals surface area contributed by atoms with Gasteiger partial charge in [-0.2, -0.15) is 0 Å². The SMILES string of the molecule is CN(CCN)Cc1cccc(-c2ccc(C(=O)NCC3CCOCC3)c(N(C)CC3CC3)c2)c1. The Hall–Kier alpha value is -2.41. The van der Waals surface area contributed by atoms with Gasteiger partial charge in [-0.05, 0) is 79.5 Å². The molecule has 0 spiro atoms. The van der Waals surface area contributed by atoms with Gasteiger partial charge in [-0.1, -0.05) is 24.3 Å². The molecule has 34 heavy (non-hydrogen) atoms. The Balaban J connectivity index is 1.54. The molecule has 0 aromatic heterocycles. The first kappa shape index (κ1) is 24.7. The number of benzene rings is 2. The minimum absolute atomic E-state index is 0.0212. The number of ether oxygens (including phenoxy) is 1. The third-order valence-electron chi connectivity index (χ3n) is 7.00. The monoisotopic (exact) mass is 464 g/mol. The molecule has 2 aromatic rings. The minimum atomic E-state index is 0.0212. The van der Waals surface area contributed by atoms with Crippen molar-refractivity contribution in [1.82, 2.24) is 10.2 Å². The summed E-state index contributed by atoms with van der Waals surface area (Å²) in [7, 11) is 4.21. The molecular weight excluding hydrogens is 424 g/mol. The van der Waals surface area contributed by atoms with Crippen molar-refractivity contribution in [3.05, 3.63) is 53.6 Å². The Morgan fingerprint density at radius 2 is 1.79 bits per heavy atom. The summed E-state index contributed by atoms with van der Waals surface area (Å²) in [6.07, 6.45) is 4.61. The molecule has 6 heteroatoms. The van der Waals surface area contributed by atoms with E-state index in [4.69, 9.17) is 10.5 Å². The third-order valence-corrected chi connectivity index (χ3v) is 7.00. The molecule has 3 N–H and O–H groups in total. The summed E-state index contributed by atoms with van der Waals surface area (Å²) in [5.74, 6) is 1.27. The predicted octanol–water partition coefficient (Wildman–Crippen LogP) is 3.75. The van der Waals surface area contributed by atoms with E-state index in [0.29, 0.717) is 19.0 Å². The van der Waals surface area contributed by atoms with Crippen molar-refractivity contribution in [2.24, 2.45) is 17.6 Å². The number of nitrogens with zero attached hydrogens (tertiary/aromatic N) is 2. The first-order valence-electron chi connectivity index (χ1n) is 12.7. The summed E-state index contributed by atoms with van der Waals surface area (Å²) in [6, 6.07) is 14.9. The van der Waals surface area contributed by atoms with E-state index in [0.717, 1.165) is 68.4 Å². The lowest BCUT2D eigenvalue weighted by atomic mass is 9.98. The molecule has 0 unspecified atom stereocenters. The molecule has 1 saturated carbocycles. The van der Waals surface area contributed by atoms with Gasteiger partial charge in [0.25, 0.3) is 5.91 Å². The molecule has 1 heterocycles. The van der Waals surface area contributed by atoms with Gasteiger partial charge in [-0.15, -0.1) is 0 Å². The number of rotatable bonds is 11. The van der Waals surface area contributed by atoms with Crippen molar-refractivity contribution in [1.29, 1.82) is 0 Å². The van der Waals surface area contributed by atoms with Crippen LogP contribution in [0.5, 0.6) is 0 Å². The maximum absolute atomic E-state index is 13.2. The lowest BCUT2D eigenvalue weighted by molar-refractivity contribution is 0.0643. The van der Waals surface area contributed by atoms with Crippen molar-refractivity contribution < 1.29 is 9.53 Å².